The monoisotopic (exact) mass is 388 g/mol. The zero-order chi connectivity index (χ0) is 19.0. The van der Waals surface area contributed by atoms with Gasteiger partial charge in [-0.3, -0.25) is 4.79 Å². The van der Waals surface area contributed by atoms with Crippen LogP contribution in [0.4, 0.5) is 18.9 Å². The molecule has 0 saturated heterocycles. The summed E-state index contributed by atoms with van der Waals surface area (Å²) in [5.74, 6) is -1.08. The van der Waals surface area contributed by atoms with Crippen LogP contribution >= 0.6 is 11.3 Å². The van der Waals surface area contributed by atoms with E-state index in [-0.39, 0.29) is 11.5 Å². The van der Waals surface area contributed by atoms with Crippen molar-refractivity contribution >= 4 is 22.9 Å². The topological polar surface area (TPSA) is 42.0 Å². The van der Waals surface area contributed by atoms with Crippen LogP contribution < -0.4 is 5.32 Å². The van der Waals surface area contributed by atoms with Gasteiger partial charge in [0.05, 0.1) is 5.56 Å². The van der Waals surface area contributed by atoms with Crippen molar-refractivity contribution in [3.05, 3.63) is 71.2 Å². The Labute approximate surface area is 157 Å². The normalized spacial score (nSPS) is 18.9. The van der Waals surface area contributed by atoms with Gasteiger partial charge >= 0.3 is 6.18 Å². The molecule has 3 aromatic rings. The Bertz CT molecular complexity index is 952. The molecule has 1 amide bonds. The molecule has 1 saturated carbocycles. The first-order valence-electron chi connectivity index (χ1n) is 8.40. The second-order valence-electron chi connectivity index (χ2n) is 6.44. The number of aromatic nitrogens is 1. The largest absolute Gasteiger partial charge is 0.416 e. The summed E-state index contributed by atoms with van der Waals surface area (Å²) in [6.45, 7) is 0. The molecule has 1 N–H and O–H groups in total. The molecule has 0 unspecified atom stereocenters. The van der Waals surface area contributed by atoms with E-state index in [1.165, 1.54) is 23.5 Å². The summed E-state index contributed by atoms with van der Waals surface area (Å²) in [7, 11) is 0. The molecule has 138 valence electrons. The van der Waals surface area contributed by atoms with Crippen LogP contribution in [0.2, 0.25) is 0 Å². The lowest BCUT2D eigenvalue weighted by Crippen LogP contribution is -2.15. The van der Waals surface area contributed by atoms with Crippen molar-refractivity contribution in [3.63, 3.8) is 0 Å². The van der Waals surface area contributed by atoms with Crippen LogP contribution in [-0.4, -0.2) is 10.9 Å². The highest BCUT2D eigenvalue weighted by Crippen LogP contribution is 2.51. The molecule has 2 aromatic carbocycles. The number of carbonyl (C=O) groups excluding carboxylic acids is 1. The molecule has 3 nitrogen and oxygen atoms in total. The first kappa shape index (κ1) is 17.7. The number of anilines is 1. The number of carbonyl (C=O) groups is 1. The van der Waals surface area contributed by atoms with Gasteiger partial charge in [0.2, 0.25) is 5.91 Å². The SMILES string of the molecule is O=C(Nc1ccc(-c2nccs2)cc1)[C@@H]1C[C@H]1c1ccccc1C(F)(F)F. The van der Waals surface area contributed by atoms with Crippen molar-refractivity contribution in [1.82, 2.24) is 4.98 Å². The van der Waals surface area contributed by atoms with Gasteiger partial charge in [0.15, 0.2) is 0 Å². The molecule has 1 aliphatic rings. The molecule has 1 fully saturated rings. The Balaban J connectivity index is 1.44. The summed E-state index contributed by atoms with van der Waals surface area (Å²) >= 11 is 1.52. The fourth-order valence-corrected chi connectivity index (χ4v) is 3.85. The lowest BCUT2D eigenvalue weighted by molar-refractivity contribution is -0.138. The van der Waals surface area contributed by atoms with Gasteiger partial charge in [0, 0.05) is 28.7 Å². The van der Waals surface area contributed by atoms with Crippen LogP contribution in [0.1, 0.15) is 23.5 Å². The minimum atomic E-state index is -4.41. The van der Waals surface area contributed by atoms with Crippen molar-refractivity contribution in [3.8, 4) is 10.6 Å². The van der Waals surface area contributed by atoms with Crippen molar-refractivity contribution in [1.29, 1.82) is 0 Å². The van der Waals surface area contributed by atoms with Gasteiger partial charge in [-0.25, -0.2) is 4.98 Å². The quantitative estimate of drug-likeness (QED) is 0.635. The third-order valence-electron chi connectivity index (χ3n) is 4.62. The standard InChI is InChI=1S/C20H15F3N2OS/c21-20(22,23)17-4-2-1-3-14(17)15-11-16(15)18(26)25-13-7-5-12(6-8-13)19-24-9-10-27-19/h1-10,15-16H,11H2,(H,25,26)/t15-,16+/m0/s1. The Hall–Kier alpha value is -2.67. The Morgan fingerprint density at radius 3 is 2.52 bits per heavy atom. The zero-order valence-corrected chi connectivity index (χ0v) is 14.8. The van der Waals surface area contributed by atoms with Crippen LogP contribution in [0.5, 0.6) is 0 Å². The number of hydrogen-bond acceptors (Lipinski definition) is 3. The lowest BCUT2D eigenvalue weighted by Gasteiger charge is -2.12. The van der Waals surface area contributed by atoms with Crippen LogP contribution in [0.3, 0.4) is 0 Å². The average Bonchev–Trinajstić information content (AvgIpc) is 3.27. The van der Waals surface area contributed by atoms with Crippen molar-refractivity contribution in [2.45, 2.75) is 18.5 Å². The molecule has 7 heteroatoms. The molecule has 4 rings (SSSR count). The molecule has 1 heterocycles. The summed E-state index contributed by atoms with van der Waals surface area (Å²) in [6.07, 6.45) is -2.26. The van der Waals surface area contributed by atoms with Crippen molar-refractivity contribution in [2.24, 2.45) is 5.92 Å². The summed E-state index contributed by atoms with van der Waals surface area (Å²) in [5, 5.41) is 5.57. The Morgan fingerprint density at radius 2 is 1.85 bits per heavy atom. The van der Waals surface area contributed by atoms with Crippen molar-refractivity contribution in [2.75, 3.05) is 5.32 Å². The number of alkyl halides is 3. The van der Waals surface area contributed by atoms with Gasteiger partial charge in [0.1, 0.15) is 5.01 Å². The number of benzene rings is 2. The Kier molecular flexibility index (Phi) is 4.47. The van der Waals surface area contributed by atoms with E-state index >= 15 is 0 Å². The molecule has 0 radical (unpaired) electrons. The van der Waals surface area contributed by atoms with Gasteiger partial charge in [-0.1, -0.05) is 18.2 Å². The second kappa shape index (κ2) is 6.81. The number of halogens is 3. The maximum atomic E-state index is 13.2. The molecular formula is C20H15F3N2OS. The molecule has 2 atom stereocenters. The van der Waals surface area contributed by atoms with Crippen LogP contribution in [0.15, 0.2) is 60.1 Å². The third-order valence-corrected chi connectivity index (χ3v) is 5.45. The Morgan fingerprint density at radius 1 is 1.11 bits per heavy atom. The van der Waals surface area contributed by atoms with Crippen molar-refractivity contribution < 1.29 is 18.0 Å². The number of hydrogen-bond donors (Lipinski definition) is 1. The summed E-state index contributed by atoms with van der Waals surface area (Å²) in [4.78, 5) is 16.7. The number of rotatable bonds is 4. The maximum Gasteiger partial charge on any atom is 0.416 e. The number of nitrogens with one attached hydrogen (secondary N) is 1. The van der Waals surface area contributed by atoms with Gasteiger partial charge in [-0.2, -0.15) is 13.2 Å². The van der Waals surface area contributed by atoms with E-state index < -0.39 is 23.6 Å². The van der Waals surface area contributed by atoms with Gasteiger partial charge < -0.3 is 5.32 Å². The molecule has 1 aromatic heterocycles. The van der Waals surface area contributed by atoms with E-state index in [1.807, 2.05) is 17.5 Å². The molecular weight excluding hydrogens is 373 g/mol. The second-order valence-corrected chi connectivity index (χ2v) is 7.33. The van der Waals surface area contributed by atoms with Crippen LogP contribution in [0.25, 0.3) is 10.6 Å². The first-order chi connectivity index (χ1) is 12.9. The van der Waals surface area contributed by atoms with E-state index in [1.54, 1.807) is 24.4 Å². The molecule has 0 aliphatic heterocycles. The summed E-state index contributed by atoms with van der Waals surface area (Å²) in [6, 6.07) is 12.7. The predicted octanol–water partition coefficient (Wildman–Crippen LogP) is 5.57. The summed E-state index contributed by atoms with van der Waals surface area (Å²) in [5.41, 5.74) is 1.11. The number of thiazole rings is 1. The van der Waals surface area contributed by atoms with E-state index in [0.29, 0.717) is 12.1 Å². The molecule has 0 bridgehead atoms. The smallest absolute Gasteiger partial charge is 0.326 e. The van der Waals surface area contributed by atoms with Crippen LogP contribution in [0, 0.1) is 5.92 Å². The maximum absolute atomic E-state index is 13.2. The van der Waals surface area contributed by atoms with E-state index in [0.717, 1.165) is 16.6 Å². The molecule has 1 aliphatic carbocycles. The van der Waals surface area contributed by atoms with Gasteiger partial charge in [0.25, 0.3) is 0 Å². The van der Waals surface area contributed by atoms with Crippen LogP contribution in [-0.2, 0) is 11.0 Å². The number of nitrogens with zero attached hydrogens (tertiary/aromatic N) is 1. The van der Waals surface area contributed by atoms with Gasteiger partial charge in [-0.05, 0) is 48.2 Å². The summed E-state index contributed by atoms with van der Waals surface area (Å²) < 4.78 is 39.5. The van der Waals surface area contributed by atoms with Gasteiger partial charge in [-0.15, -0.1) is 11.3 Å². The number of amides is 1. The fraction of sp³-hybridized carbons (Fsp3) is 0.200. The predicted molar refractivity (Wildman–Crippen MR) is 98.5 cm³/mol. The highest BCUT2D eigenvalue weighted by Gasteiger charge is 2.47. The fourth-order valence-electron chi connectivity index (χ4n) is 3.20. The van der Waals surface area contributed by atoms with E-state index in [2.05, 4.69) is 10.3 Å². The zero-order valence-electron chi connectivity index (χ0n) is 14.0. The minimum Gasteiger partial charge on any atom is -0.326 e. The minimum absolute atomic E-state index is 0.198. The first-order valence-corrected chi connectivity index (χ1v) is 9.28. The average molecular weight is 388 g/mol. The highest BCUT2D eigenvalue weighted by molar-refractivity contribution is 7.13. The highest BCUT2D eigenvalue weighted by atomic mass is 32.1. The molecule has 0 spiro atoms. The van der Waals surface area contributed by atoms with E-state index in [9.17, 15) is 18.0 Å². The molecule has 27 heavy (non-hydrogen) atoms. The van der Waals surface area contributed by atoms with E-state index in [4.69, 9.17) is 0 Å². The third kappa shape index (κ3) is 3.73. The lowest BCUT2D eigenvalue weighted by atomic mass is 10.0.